The summed E-state index contributed by atoms with van der Waals surface area (Å²) in [6.07, 6.45) is 4.01. The van der Waals surface area contributed by atoms with E-state index in [1.54, 1.807) is 0 Å². The van der Waals surface area contributed by atoms with E-state index in [-0.39, 0.29) is 5.54 Å². The van der Waals surface area contributed by atoms with E-state index in [2.05, 4.69) is 18.7 Å². The maximum absolute atomic E-state index is 6.06. The Kier molecular flexibility index (Phi) is 3.88. The Hall–Kier alpha value is -0.120. The van der Waals surface area contributed by atoms with E-state index in [9.17, 15) is 0 Å². The zero-order valence-corrected chi connectivity index (χ0v) is 10.7. The van der Waals surface area contributed by atoms with Crippen LogP contribution in [0.5, 0.6) is 0 Å². The second kappa shape index (κ2) is 5.03. The third-order valence-electron chi connectivity index (χ3n) is 4.50. The number of hydrogen-bond acceptors (Lipinski definition) is 3. The van der Waals surface area contributed by atoms with Crippen LogP contribution in [-0.4, -0.2) is 43.3 Å². The average Bonchev–Trinajstić information content (AvgIpc) is 2.95. The van der Waals surface area contributed by atoms with Gasteiger partial charge in [0.05, 0.1) is 6.61 Å². The predicted octanol–water partition coefficient (Wildman–Crippen LogP) is 1.47. The topological polar surface area (TPSA) is 38.5 Å². The lowest BCUT2D eigenvalue weighted by molar-refractivity contribution is 0.0455. The van der Waals surface area contributed by atoms with Crippen molar-refractivity contribution in [3.63, 3.8) is 0 Å². The molecule has 2 rings (SSSR count). The summed E-state index contributed by atoms with van der Waals surface area (Å²) in [7, 11) is 0. The number of nitrogens with two attached hydrogens (primary N) is 1. The molecular formula is C13H26N2O. The first-order chi connectivity index (χ1) is 7.70. The van der Waals surface area contributed by atoms with Gasteiger partial charge in [0, 0.05) is 31.2 Å². The molecule has 3 nitrogen and oxygen atoms in total. The lowest BCUT2D eigenvalue weighted by Crippen LogP contribution is -2.57. The molecule has 0 aromatic rings. The van der Waals surface area contributed by atoms with Gasteiger partial charge >= 0.3 is 0 Å². The van der Waals surface area contributed by atoms with Gasteiger partial charge in [-0.1, -0.05) is 6.92 Å². The molecule has 0 aromatic carbocycles. The Morgan fingerprint density at radius 2 is 2.12 bits per heavy atom. The Morgan fingerprint density at radius 3 is 2.56 bits per heavy atom. The highest BCUT2D eigenvalue weighted by Gasteiger charge is 2.41. The van der Waals surface area contributed by atoms with E-state index in [0.717, 1.165) is 32.2 Å². The summed E-state index contributed by atoms with van der Waals surface area (Å²) in [5.74, 6) is 1.56. The second-order valence-electron chi connectivity index (χ2n) is 5.60. The molecule has 2 atom stereocenters. The zero-order valence-electron chi connectivity index (χ0n) is 10.7. The van der Waals surface area contributed by atoms with Gasteiger partial charge in [0.15, 0.2) is 0 Å². The van der Waals surface area contributed by atoms with Gasteiger partial charge in [-0.25, -0.2) is 0 Å². The van der Waals surface area contributed by atoms with Crippen LogP contribution >= 0.6 is 0 Å². The van der Waals surface area contributed by atoms with Crippen LogP contribution in [0.4, 0.5) is 0 Å². The standard InChI is InChI=1S/C13H26N2O/c1-3-15(8-11-4-5-11)13(2,10-14)12-6-7-16-9-12/h11-12H,3-10,14H2,1-2H3. The molecule has 16 heavy (non-hydrogen) atoms. The number of rotatable bonds is 6. The van der Waals surface area contributed by atoms with E-state index >= 15 is 0 Å². The number of hydrogen-bond donors (Lipinski definition) is 1. The van der Waals surface area contributed by atoms with E-state index in [4.69, 9.17) is 10.5 Å². The van der Waals surface area contributed by atoms with E-state index < -0.39 is 0 Å². The SMILES string of the molecule is CCN(CC1CC1)C(C)(CN)C1CCOC1. The van der Waals surface area contributed by atoms with Crippen LogP contribution in [0.3, 0.4) is 0 Å². The number of nitrogens with zero attached hydrogens (tertiary/aromatic N) is 1. The minimum absolute atomic E-state index is 0.147. The molecule has 94 valence electrons. The summed E-state index contributed by atoms with van der Waals surface area (Å²) >= 11 is 0. The molecule has 1 heterocycles. The Balaban J connectivity index is 2.02. The molecule has 3 heteroatoms. The molecule has 0 spiro atoms. The molecule has 1 saturated carbocycles. The van der Waals surface area contributed by atoms with Crippen LogP contribution in [0.15, 0.2) is 0 Å². The minimum Gasteiger partial charge on any atom is -0.381 e. The quantitative estimate of drug-likeness (QED) is 0.745. The maximum atomic E-state index is 6.06. The van der Waals surface area contributed by atoms with Crippen molar-refractivity contribution in [2.75, 3.05) is 32.8 Å². The van der Waals surface area contributed by atoms with Crippen LogP contribution in [-0.2, 0) is 4.74 Å². The molecule has 2 fully saturated rings. The van der Waals surface area contributed by atoms with Gasteiger partial charge < -0.3 is 10.5 Å². The van der Waals surface area contributed by atoms with Crippen molar-refractivity contribution in [1.82, 2.24) is 4.90 Å². The minimum atomic E-state index is 0.147. The highest BCUT2D eigenvalue weighted by atomic mass is 16.5. The first-order valence-electron chi connectivity index (χ1n) is 6.73. The van der Waals surface area contributed by atoms with E-state index in [1.165, 1.54) is 25.8 Å². The van der Waals surface area contributed by atoms with Crippen LogP contribution in [0, 0.1) is 11.8 Å². The molecule has 0 amide bonds. The fourth-order valence-corrected chi connectivity index (χ4v) is 2.89. The molecule has 2 aliphatic rings. The number of ether oxygens (including phenoxy) is 1. The number of likely N-dealkylation sites (N-methyl/N-ethyl adjacent to an activating group) is 1. The monoisotopic (exact) mass is 226 g/mol. The third kappa shape index (κ3) is 2.41. The summed E-state index contributed by atoms with van der Waals surface area (Å²) < 4.78 is 5.54. The van der Waals surface area contributed by atoms with Gasteiger partial charge in [-0.2, -0.15) is 0 Å². The van der Waals surface area contributed by atoms with Crippen LogP contribution < -0.4 is 5.73 Å². The fourth-order valence-electron chi connectivity index (χ4n) is 2.89. The molecule has 0 radical (unpaired) electrons. The lowest BCUT2D eigenvalue weighted by atomic mass is 9.83. The van der Waals surface area contributed by atoms with Gasteiger partial charge in [-0.05, 0) is 38.6 Å². The first-order valence-corrected chi connectivity index (χ1v) is 6.73. The van der Waals surface area contributed by atoms with Crippen molar-refractivity contribution in [3.05, 3.63) is 0 Å². The van der Waals surface area contributed by atoms with Crippen molar-refractivity contribution >= 4 is 0 Å². The summed E-state index contributed by atoms with van der Waals surface area (Å²) in [6.45, 7) is 9.50. The lowest BCUT2D eigenvalue weighted by Gasteiger charge is -2.44. The van der Waals surface area contributed by atoms with Gasteiger partial charge in [0.2, 0.25) is 0 Å². The third-order valence-corrected chi connectivity index (χ3v) is 4.50. The summed E-state index contributed by atoms with van der Waals surface area (Å²) in [5, 5.41) is 0. The van der Waals surface area contributed by atoms with Crippen molar-refractivity contribution < 1.29 is 4.74 Å². The Bertz CT molecular complexity index is 224. The smallest absolute Gasteiger partial charge is 0.0513 e. The van der Waals surface area contributed by atoms with Crippen LogP contribution in [0.2, 0.25) is 0 Å². The van der Waals surface area contributed by atoms with Gasteiger partial charge in [-0.15, -0.1) is 0 Å². The highest BCUT2D eigenvalue weighted by Crippen LogP contribution is 2.36. The van der Waals surface area contributed by atoms with Crippen molar-refractivity contribution in [2.24, 2.45) is 17.6 Å². The van der Waals surface area contributed by atoms with Crippen LogP contribution in [0.1, 0.15) is 33.1 Å². The largest absolute Gasteiger partial charge is 0.381 e. The van der Waals surface area contributed by atoms with Gasteiger partial charge in [0.1, 0.15) is 0 Å². The fraction of sp³-hybridized carbons (Fsp3) is 1.00. The molecule has 0 aromatic heterocycles. The molecular weight excluding hydrogens is 200 g/mol. The zero-order chi connectivity index (χ0) is 11.6. The summed E-state index contributed by atoms with van der Waals surface area (Å²) in [4.78, 5) is 2.60. The van der Waals surface area contributed by atoms with E-state index in [1.807, 2.05) is 0 Å². The van der Waals surface area contributed by atoms with Crippen molar-refractivity contribution in [3.8, 4) is 0 Å². The molecule has 2 unspecified atom stereocenters. The molecule has 2 N–H and O–H groups in total. The predicted molar refractivity (Wildman–Crippen MR) is 66.4 cm³/mol. The molecule has 1 aliphatic heterocycles. The van der Waals surface area contributed by atoms with Crippen molar-refractivity contribution in [1.29, 1.82) is 0 Å². The normalized spacial score (nSPS) is 29.6. The van der Waals surface area contributed by atoms with Gasteiger partial charge in [-0.3, -0.25) is 4.90 Å². The Labute approximate surface area is 99.3 Å². The van der Waals surface area contributed by atoms with Crippen LogP contribution in [0.25, 0.3) is 0 Å². The maximum Gasteiger partial charge on any atom is 0.0513 e. The molecule has 1 saturated heterocycles. The first kappa shape index (κ1) is 12.3. The summed E-state index contributed by atoms with van der Waals surface area (Å²) in [5.41, 5.74) is 6.21. The van der Waals surface area contributed by atoms with Crippen molar-refractivity contribution in [2.45, 2.75) is 38.6 Å². The van der Waals surface area contributed by atoms with E-state index in [0.29, 0.717) is 5.92 Å². The molecule has 1 aliphatic carbocycles. The average molecular weight is 226 g/mol. The molecule has 0 bridgehead atoms. The van der Waals surface area contributed by atoms with Gasteiger partial charge in [0.25, 0.3) is 0 Å². The summed E-state index contributed by atoms with van der Waals surface area (Å²) in [6, 6.07) is 0. The second-order valence-corrected chi connectivity index (χ2v) is 5.60. The Morgan fingerprint density at radius 1 is 1.38 bits per heavy atom. The highest BCUT2D eigenvalue weighted by molar-refractivity contribution is 4.96.